The maximum absolute atomic E-state index is 13.5. The van der Waals surface area contributed by atoms with Gasteiger partial charge in [0.15, 0.2) is 5.76 Å². The molecule has 39 heavy (non-hydrogen) atoms. The fourth-order valence-electron chi connectivity index (χ4n) is 4.65. The summed E-state index contributed by atoms with van der Waals surface area (Å²) in [5.74, 6) is -3.25. The van der Waals surface area contributed by atoms with Crippen molar-refractivity contribution in [2.45, 2.75) is 50.2 Å². The van der Waals surface area contributed by atoms with Crippen molar-refractivity contribution in [2.24, 2.45) is 0 Å². The van der Waals surface area contributed by atoms with Crippen molar-refractivity contribution >= 4 is 52.7 Å². The highest BCUT2D eigenvalue weighted by molar-refractivity contribution is 6.39. The van der Waals surface area contributed by atoms with Crippen molar-refractivity contribution in [1.29, 1.82) is 0 Å². The molecule has 3 amide bonds. The number of rotatable bonds is 8. The van der Waals surface area contributed by atoms with E-state index in [4.69, 9.17) is 32.4 Å². The van der Waals surface area contributed by atoms with Crippen LogP contribution in [0.3, 0.4) is 0 Å². The van der Waals surface area contributed by atoms with Crippen molar-refractivity contribution in [3.63, 3.8) is 0 Å². The van der Waals surface area contributed by atoms with Crippen LogP contribution in [0.4, 0.5) is 0 Å². The minimum atomic E-state index is -1.42. The largest absolute Gasteiger partial charge is 0.469 e. The minimum Gasteiger partial charge on any atom is -0.469 e. The summed E-state index contributed by atoms with van der Waals surface area (Å²) < 4.78 is 10.3. The number of halogens is 2. The summed E-state index contributed by atoms with van der Waals surface area (Å²) in [6, 6.07) is 1.68. The van der Waals surface area contributed by atoms with Crippen LogP contribution in [0.1, 0.15) is 42.8 Å². The molecule has 4 rings (SSSR count). The first-order valence-electron chi connectivity index (χ1n) is 12.3. The second-order valence-corrected chi connectivity index (χ2v) is 9.88. The Morgan fingerprint density at radius 3 is 2.59 bits per heavy atom. The first-order valence-corrected chi connectivity index (χ1v) is 13.0. The first-order chi connectivity index (χ1) is 18.7. The fourth-order valence-corrected chi connectivity index (χ4v) is 5.24. The Hall–Kier alpha value is -3.48. The fraction of sp³-hybridized carbons (Fsp3) is 0.440. The monoisotopic (exact) mass is 579 g/mol. The van der Waals surface area contributed by atoms with Crippen LogP contribution in [-0.4, -0.2) is 83.3 Å². The number of benzene rings is 1. The van der Waals surface area contributed by atoms with E-state index in [1.165, 1.54) is 11.2 Å². The number of nitrogens with one attached hydrogen (secondary N) is 2. The molecule has 2 aromatic rings. The number of methoxy groups -OCH3 is 1. The van der Waals surface area contributed by atoms with Crippen LogP contribution in [0.2, 0.25) is 10.0 Å². The van der Waals surface area contributed by atoms with Crippen molar-refractivity contribution in [1.82, 2.24) is 25.6 Å². The van der Waals surface area contributed by atoms with Crippen LogP contribution in [0.5, 0.6) is 0 Å². The molecule has 0 saturated carbocycles. The van der Waals surface area contributed by atoms with Gasteiger partial charge in [0.25, 0.3) is 11.8 Å². The minimum absolute atomic E-state index is 0.117. The molecule has 1 aromatic carbocycles. The molecule has 3 heterocycles. The number of ether oxygens (including phenoxy) is 1. The molecular weight excluding hydrogens is 553 g/mol. The van der Waals surface area contributed by atoms with Gasteiger partial charge >= 0.3 is 5.97 Å². The molecule has 2 saturated heterocycles. The zero-order chi connectivity index (χ0) is 28.3. The predicted octanol–water partition coefficient (Wildman–Crippen LogP) is 2.00. The number of likely N-dealkylation sites (N-methyl/N-ethyl adjacent to an activating group) is 1. The van der Waals surface area contributed by atoms with Crippen LogP contribution in [-0.2, 0) is 23.9 Å². The Labute approximate surface area is 233 Å². The standard InChI is InChI=1S/C25H27Cl2N5O7/c1-28-15-8-9-19(33)31-10-4-7-17(32(31)25(15)37)23(36)30-16(11-20(34)38-2)22(35)24-29-12-18(39-24)21-13(26)5-3-6-14(21)27/h3,5-6,12,15-17,28H,4,7-11H2,1-2H3,(H,30,36). The molecule has 2 fully saturated rings. The average molecular weight is 580 g/mol. The maximum Gasteiger partial charge on any atom is 0.308 e. The van der Waals surface area contributed by atoms with Gasteiger partial charge in [-0.2, -0.15) is 0 Å². The van der Waals surface area contributed by atoms with E-state index in [2.05, 4.69) is 15.6 Å². The van der Waals surface area contributed by atoms with Gasteiger partial charge in [-0.25, -0.2) is 9.99 Å². The van der Waals surface area contributed by atoms with Gasteiger partial charge in [-0.15, -0.1) is 0 Å². The number of hydrazine groups is 1. The lowest BCUT2D eigenvalue weighted by atomic mass is 10.0. The van der Waals surface area contributed by atoms with Crippen molar-refractivity contribution in [3.8, 4) is 11.3 Å². The smallest absolute Gasteiger partial charge is 0.308 e. The summed E-state index contributed by atoms with van der Waals surface area (Å²) in [6.07, 6.45) is 1.90. The van der Waals surface area contributed by atoms with E-state index >= 15 is 0 Å². The summed E-state index contributed by atoms with van der Waals surface area (Å²) >= 11 is 12.5. The second kappa shape index (κ2) is 12.1. The van der Waals surface area contributed by atoms with Crippen molar-refractivity contribution < 1.29 is 33.1 Å². The molecule has 2 aliphatic rings. The van der Waals surface area contributed by atoms with Gasteiger partial charge in [-0.3, -0.25) is 29.0 Å². The van der Waals surface area contributed by atoms with Gasteiger partial charge in [-0.1, -0.05) is 29.3 Å². The second-order valence-electron chi connectivity index (χ2n) is 9.07. The number of hydrogen-bond acceptors (Lipinski definition) is 9. The molecular formula is C25H27Cl2N5O7. The van der Waals surface area contributed by atoms with Gasteiger partial charge in [-0.05, 0) is 38.4 Å². The SMILES string of the molecule is CNC1CCC(=O)N2CCCC(C(=O)NC(CC(=O)OC)C(=O)c3ncc(-c4c(Cl)cccc4Cl)o3)N2C1=O. The van der Waals surface area contributed by atoms with Gasteiger partial charge in [0.05, 0.1) is 41.4 Å². The third-order valence-corrected chi connectivity index (χ3v) is 7.30. The summed E-state index contributed by atoms with van der Waals surface area (Å²) in [5, 5.41) is 8.44. The van der Waals surface area contributed by atoms with Crippen LogP contribution < -0.4 is 10.6 Å². The number of esters is 1. The van der Waals surface area contributed by atoms with Gasteiger partial charge in [0.1, 0.15) is 12.1 Å². The number of oxazole rings is 1. The van der Waals surface area contributed by atoms with Crippen LogP contribution in [0.15, 0.2) is 28.8 Å². The Kier molecular flexibility index (Phi) is 8.88. The number of Topliss-reactive ketones (excluding diaryl/α,β-unsaturated/α-hetero) is 1. The van der Waals surface area contributed by atoms with Crippen LogP contribution in [0.25, 0.3) is 11.3 Å². The van der Waals surface area contributed by atoms with E-state index in [1.807, 2.05) is 0 Å². The quantitative estimate of drug-likeness (QED) is 0.353. The lowest BCUT2D eigenvalue weighted by Gasteiger charge is -2.43. The lowest BCUT2D eigenvalue weighted by Crippen LogP contribution is -2.64. The van der Waals surface area contributed by atoms with Crippen molar-refractivity contribution in [2.75, 3.05) is 20.7 Å². The summed E-state index contributed by atoms with van der Waals surface area (Å²) in [4.78, 5) is 69.0. The van der Waals surface area contributed by atoms with Gasteiger partial charge < -0.3 is 19.8 Å². The van der Waals surface area contributed by atoms with Gasteiger partial charge in [0, 0.05) is 13.0 Å². The molecule has 3 atom stereocenters. The first kappa shape index (κ1) is 28.5. The average Bonchev–Trinajstić information content (AvgIpc) is 3.36. The molecule has 1 aromatic heterocycles. The summed E-state index contributed by atoms with van der Waals surface area (Å²) in [5.41, 5.74) is 0.326. The molecule has 2 aliphatic heterocycles. The Morgan fingerprint density at radius 1 is 1.21 bits per heavy atom. The number of nitrogens with zero attached hydrogens (tertiary/aromatic N) is 3. The number of carbonyl (C=O) groups excluding carboxylic acids is 5. The molecule has 3 unspecified atom stereocenters. The predicted molar refractivity (Wildman–Crippen MR) is 139 cm³/mol. The molecule has 0 aliphatic carbocycles. The molecule has 2 N–H and O–H groups in total. The number of aromatic nitrogens is 1. The molecule has 208 valence electrons. The Bertz CT molecular complexity index is 1280. The third-order valence-electron chi connectivity index (χ3n) is 6.67. The van der Waals surface area contributed by atoms with Crippen LogP contribution >= 0.6 is 23.2 Å². The number of ketones is 1. The van der Waals surface area contributed by atoms with E-state index < -0.39 is 54.0 Å². The Morgan fingerprint density at radius 2 is 1.92 bits per heavy atom. The highest BCUT2D eigenvalue weighted by Crippen LogP contribution is 2.35. The maximum atomic E-state index is 13.5. The summed E-state index contributed by atoms with van der Waals surface area (Å²) in [7, 11) is 2.75. The lowest BCUT2D eigenvalue weighted by molar-refractivity contribution is -0.176. The molecule has 0 bridgehead atoms. The zero-order valence-corrected chi connectivity index (χ0v) is 22.8. The van der Waals surface area contributed by atoms with Crippen molar-refractivity contribution in [3.05, 3.63) is 40.3 Å². The van der Waals surface area contributed by atoms with E-state index in [-0.39, 0.29) is 34.6 Å². The molecule has 12 nitrogen and oxygen atoms in total. The highest BCUT2D eigenvalue weighted by Gasteiger charge is 2.44. The van der Waals surface area contributed by atoms with E-state index in [0.717, 1.165) is 12.1 Å². The molecule has 14 heteroatoms. The molecule has 0 spiro atoms. The van der Waals surface area contributed by atoms with Crippen LogP contribution in [0, 0.1) is 0 Å². The number of carbonyl (C=O) groups is 5. The van der Waals surface area contributed by atoms with E-state index in [9.17, 15) is 24.0 Å². The van der Waals surface area contributed by atoms with Gasteiger partial charge in [0.2, 0.25) is 17.6 Å². The zero-order valence-electron chi connectivity index (χ0n) is 21.2. The Balaban J connectivity index is 1.60. The number of amides is 3. The topological polar surface area (TPSA) is 151 Å². The normalized spacial score (nSPS) is 20.2. The van der Waals surface area contributed by atoms with E-state index in [0.29, 0.717) is 24.9 Å². The number of fused-ring (bicyclic) bond motifs is 1. The third kappa shape index (κ3) is 5.92. The number of hydrogen-bond donors (Lipinski definition) is 2. The summed E-state index contributed by atoms with van der Waals surface area (Å²) in [6.45, 7) is 0.291. The molecule has 0 radical (unpaired) electrons. The van der Waals surface area contributed by atoms with E-state index in [1.54, 1.807) is 25.2 Å². The highest BCUT2D eigenvalue weighted by atomic mass is 35.5.